The number of fused-ring (bicyclic) bond motifs is 1. The van der Waals surface area contributed by atoms with Gasteiger partial charge in [-0.15, -0.1) is 0 Å². The molecule has 2 N–H and O–H groups in total. The van der Waals surface area contributed by atoms with E-state index in [1.165, 1.54) is 10.8 Å². The summed E-state index contributed by atoms with van der Waals surface area (Å²) >= 11 is 0. The van der Waals surface area contributed by atoms with Gasteiger partial charge in [-0.1, -0.05) is 127 Å². The van der Waals surface area contributed by atoms with E-state index in [2.05, 4.69) is 48.5 Å². The SMILES string of the molecule is C.C.CC.CC.CO.CO.c1ccc2ccccc2c1.c1ccccc1. The van der Waals surface area contributed by atoms with Crippen molar-refractivity contribution in [3.63, 3.8) is 0 Å². The maximum Gasteiger partial charge on any atom is 0.0319 e. The van der Waals surface area contributed by atoms with E-state index in [-0.39, 0.29) is 14.9 Å². The van der Waals surface area contributed by atoms with Gasteiger partial charge in [-0.25, -0.2) is 0 Å². The molecule has 3 aromatic carbocycles. The number of hydrogen-bond acceptors (Lipinski definition) is 2. The molecule has 0 unspecified atom stereocenters. The van der Waals surface area contributed by atoms with Crippen LogP contribution in [0.5, 0.6) is 0 Å². The quantitative estimate of drug-likeness (QED) is 0.449. The molecule has 150 valence electrons. The number of benzene rings is 3. The van der Waals surface area contributed by atoms with E-state index in [4.69, 9.17) is 10.2 Å². The number of aliphatic hydroxyl groups excluding tert-OH is 2. The van der Waals surface area contributed by atoms with Crippen LogP contribution in [-0.2, 0) is 0 Å². The number of rotatable bonds is 0. The third kappa shape index (κ3) is 19.9. The molecule has 0 heterocycles. The average molecular weight is 363 g/mol. The molecule has 0 saturated heterocycles. The van der Waals surface area contributed by atoms with Crippen LogP contribution < -0.4 is 0 Å². The van der Waals surface area contributed by atoms with E-state index >= 15 is 0 Å². The summed E-state index contributed by atoms with van der Waals surface area (Å²) in [5, 5.41) is 16.6. The molecule has 0 aliphatic heterocycles. The van der Waals surface area contributed by atoms with E-state index in [1.807, 2.05) is 64.1 Å². The molecule has 2 nitrogen and oxygen atoms in total. The second kappa shape index (κ2) is 34.2. The minimum absolute atomic E-state index is 0. The Morgan fingerprint density at radius 1 is 0.385 bits per heavy atom. The van der Waals surface area contributed by atoms with E-state index in [0.717, 1.165) is 14.2 Å². The Bertz CT molecular complexity index is 445. The van der Waals surface area contributed by atoms with Crippen LogP contribution in [0.2, 0.25) is 0 Å². The smallest absolute Gasteiger partial charge is 0.0319 e. The van der Waals surface area contributed by atoms with Crippen molar-refractivity contribution in [1.29, 1.82) is 0 Å². The third-order valence-electron chi connectivity index (χ3n) is 2.33. The summed E-state index contributed by atoms with van der Waals surface area (Å²) in [7, 11) is 2.00. The molecule has 0 radical (unpaired) electrons. The fraction of sp³-hybridized carbons (Fsp3) is 0.333. The zero-order valence-electron chi connectivity index (χ0n) is 16.0. The summed E-state index contributed by atoms with van der Waals surface area (Å²) < 4.78 is 0. The van der Waals surface area contributed by atoms with Crippen molar-refractivity contribution in [1.82, 2.24) is 0 Å². The predicted molar refractivity (Wildman–Crippen MR) is 123 cm³/mol. The Morgan fingerprint density at radius 3 is 0.692 bits per heavy atom. The highest BCUT2D eigenvalue weighted by Gasteiger charge is 1.85. The van der Waals surface area contributed by atoms with Gasteiger partial charge < -0.3 is 10.2 Å². The van der Waals surface area contributed by atoms with E-state index in [9.17, 15) is 0 Å². The summed E-state index contributed by atoms with van der Waals surface area (Å²) in [4.78, 5) is 0. The minimum Gasteiger partial charge on any atom is -0.400 e. The van der Waals surface area contributed by atoms with Crippen LogP contribution in [0.4, 0.5) is 0 Å². The van der Waals surface area contributed by atoms with Crippen LogP contribution in [0.25, 0.3) is 10.8 Å². The van der Waals surface area contributed by atoms with Crippen LogP contribution in [0, 0.1) is 0 Å². The highest BCUT2D eigenvalue weighted by molar-refractivity contribution is 5.81. The Labute approximate surface area is 163 Å². The molecule has 3 rings (SSSR count). The predicted octanol–water partition coefficient (Wildman–Crippen LogP) is 7.07. The van der Waals surface area contributed by atoms with E-state index < -0.39 is 0 Å². The zero-order chi connectivity index (χ0) is 19.1. The zero-order valence-corrected chi connectivity index (χ0v) is 16.0. The lowest BCUT2D eigenvalue weighted by atomic mass is 10.1. The Balaban J connectivity index is -0.0000000808. The van der Waals surface area contributed by atoms with Crippen molar-refractivity contribution in [2.24, 2.45) is 0 Å². The van der Waals surface area contributed by atoms with Crippen molar-refractivity contribution in [2.45, 2.75) is 42.5 Å². The summed E-state index contributed by atoms with van der Waals surface area (Å²) in [6.07, 6.45) is 0. The Hall–Kier alpha value is -2.16. The fourth-order valence-electron chi connectivity index (χ4n) is 1.52. The van der Waals surface area contributed by atoms with Gasteiger partial charge in [0.05, 0.1) is 0 Å². The van der Waals surface area contributed by atoms with Gasteiger partial charge in [0, 0.05) is 14.2 Å². The lowest BCUT2D eigenvalue weighted by Gasteiger charge is -1.92. The standard InChI is InChI=1S/C10H8.C6H6.2C2H6.2CH4O.2CH4/c1-2-6-10-8-4-3-7-9(10)5-1;1-2-4-6-5-3-1;4*1-2;;/h1-8H;1-6H;2*1-2H3;2*2H,1H3;2*1H4. The molecule has 0 atom stereocenters. The first-order valence-corrected chi connectivity index (χ1v) is 8.30. The van der Waals surface area contributed by atoms with E-state index in [1.54, 1.807) is 0 Å². The minimum atomic E-state index is 0. The van der Waals surface area contributed by atoms with Gasteiger partial charge in [0.15, 0.2) is 0 Å². The Kier molecular flexibility index (Phi) is 46.1. The molecular weight excluding hydrogens is 320 g/mol. The van der Waals surface area contributed by atoms with Crippen LogP contribution in [-0.4, -0.2) is 24.4 Å². The molecule has 0 aliphatic rings. The fourth-order valence-corrected chi connectivity index (χ4v) is 1.52. The summed E-state index contributed by atoms with van der Waals surface area (Å²) in [5.41, 5.74) is 0. The normalized spacial score (nSPS) is 6.62. The molecule has 0 spiro atoms. The van der Waals surface area contributed by atoms with Crippen molar-refractivity contribution in [3.05, 3.63) is 84.9 Å². The molecule has 0 aliphatic carbocycles. The largest absolute Gasteiger partial charge is 0.400 e. The summed E-state index contributed by atoms with van der Waals surface area (Å²) in [6.45, 7) is 8.00. The van der Waals surface area contributed by atoms with Gasteiger partial charge in [0.25, 0.3) is 0 Å². The first kappa shape index (κ1) is 35.0. The second-order valence-electron chi connectivity index (χ2n) is 3.50. The Morgan fingerprint density at radius 2 is 0.538 bits per heavy atom. The van der Waals surface area contributed by atoms with Crippen LogP contribution >= 0.6 is 0 Å². The van der Waals surface area contributed by atoms with Crippen molar-refractivity contribution >= 4 is 10.8 Å². The number of aliphatic hydroxyl groups is 2. The van der Waals surface area contributed by atoms with Crippen LogP contribution in [0.15, 0.2) is 84.9 Å². The lowest BCUT2D eigenvalue weighted by Crippen LogP contribution is -1.67. The average Bonchev–Trinajstić information content (AvgIpc) is 2.76. The van der Waals surface area contributed by atoms with Gasteiger partial charge >= 0.3 is 0 Å². The molecule has 26 heavy (non-hydrogen) atoms. The summed E-state index contributed by atoms with van der Waals surface area (Å²) in [6, 6.07) is 28.7. The van der Waals surface area contributed by atoms with Crippen molar-refractivity contribution in [2.75, 3.05) is 14.2 Å². The van der Waals surface area contributed by atoms with E-state index in [0.29, 0.717) is 0 Å². The maximum atomic E-state index is 7.00. The highest BCUT2D eigenvalue weighted by atomic mass is 16.2. The molecule has 0 amide bonds. The third-order valence-corrected chi connectivity index (χ3v) is 2.33. The van der Waals surface area contributed by atoms with Crippen LogP contribution in [0.1, 0.15) is 42.5 Å². The maximum absolute atomic E-state index is 7.00. The van der Waals surface area contributed by atoms with Gasteiger partial charge in [0.1, 0.15) is 0 Å². The van der Waals surface area contributed by atoms with Gasteiger partial charge in [-0.2, -0.15) is 0 Å². The van der Waals surface area contributed by atoms with Gasteiger partial charge in [-0.3, -0.25) is 0 Å². The molecular formula is C24H42O2. The molecule has 0 aromatic heterocycles. The van der Waals surface area contributed by atoms with Gasteiger partial charge in [-0.05, 0) is 10.8 Å². The molecule has 2 heteroatoms. The van der Waals surface area contributed by atoms with Crippen molar-refractivity contribution < 1.29 is 10.2 Å². The first-order valence-electron chi connectivity index (χ1n) is 8.30. The van der Waals surface area contributed by atoms with Crippen LogP contribution in [0.3, 0.4) is 0 Å². The molecule has 0 bridgehead atoms. The molecule has 3 aromatic rings. The number of hydrogen-bond donors (Lipinski definition) is 2. The second-order valence-corrected chi connectivity index (χ2v) is 3.50. The first-order chi connectivity index (χ1) is 12.0. The summed E-state index contributed by atoms with van der Waals surface area (Å²) in [5.74, 6) is 0. The van der Waals surface area contributed by atoms with Gasteiger partial charge in [0.2, 0.25) is 0 Å². The molecule has 0 fully saturated rings. The topological polar surface area (TPSA) is 40.5 Å². The monoisotopic (exact) mass is 362 g/mol. The molecule has 0 saturated carbocycles. The van der Waals surface area contributed by atoms with Crippen molar-refractivity contribution in [3.8, 4) is 0 Å². The highest BCUT2D eigenvalue weighted by Crippen LogP contribution is 2.11. The lowest BCUT2D eigenvalue weighted by molar-refractivity contribution is 0.399.